The normalized spacial score (nSPS) is 19.8. The van der Waals surface area contributed by atoms with Crippen molar-refractivity contribution in [2.75, 3.05) is 30.4 Å². The van der Waals surface area contributed by atoms with Gasteiger partial charge in [-0.25, -0.2) is 9.97 Å². The molecule has 1 fully saturated rings. The average Bonchev–Trinajstić information content (AvgIpc) is 2.93. The van der Waals surface area contributed by atoms with Gasteiger partial charge in [-0.1, -0.05) is 18.2 Å². The van der Waals surface area contributed by atoms with Crippen molar-refractivity contribution < 1.29 is 14.3 Å². The van der Waals surface area contributed by atoms with Gasteiger partial charge in [-0.2, -0.15) is 0 Å². The number of carbonyl (C=O) groups is 2. The van der Waals surface area contributed by atoms with Gasteiger partial charge < -0.3 is 19.9 Å². The highest BCUT2D eigenvalue weighted by atomic mass is 16.5. The van der Waals surface area contributed by atoms with Crippen LogP contribution in [-0.2, 0) is 16.0 Å². The van der Waals surface area contributed by atoms with Crippen molar-refractivity contribution in [1.29, 1.82) is 0 Å². The summed E-state index contributed by atoms with van der Waals surface area (Å²) in [4.78, 5) is 38.2. The van der Waals surface area contributed by atoms with Gasteiger partial charge in [0.25, 0.3) is 5.91 Å². The summed E-state index contributed by atoms with van der Waals surface area (Å²) in [5.41, 5.74) is 4.66. The molecule has 0 radical (unpaired) electrons. The Labute approximate surface area is 198 Å². The first kappa shape index (κ1) is 22.0. The van der Waals surface area contributed by atoms with Gasteiger partial charge in [-0.3, -0.25) is 9.59 Å². The molecule has 34 heavy (non-hydrogen) atoms. The molecule has 8 heteroatoms. The molecule has 3 aromatic rings. The Kier molecular flexibility index (Phi) is 5.75. The highest BCUT2D eigenvalue weighted by Crippen LogP contribution is 2.35. The first-order chi connectivity index (χ1) is 16.4. The lowest BCUT2D eigenvalue weighted by molar-refractivity contribution is -0.117. The number of nitrogens with one attached hydrogen (secondary N) is 1. The number of benzene rings is 2. The molecular weight excluding hydrogens is 430 g/mol. The van der Waals surface area contributed by atoms with E-state index in [2.05, 4.69) is 10.3 Å². The molecule has 0 bridgehead atoms. The molecule has 1 aromatic heterocycles. The minimum absolute atomic E-state index is 0.000166. The van der Waals surface area contributed by atoms with Gasteiger partial charge in [-0.15, -0.1) is 0 Å². The molecule has 1 saturated heterocycles. The maximum Gasteiger partial charge on any atom is 0.254 e. The smallest absolute Gasteiger partial charge is 0.254 e. The van der Waals surface area contributed by atoms with E-state index >= 15 is 0 Å². The van der Waals surface area contributed by atoms with Crippen LogP contribution in [0.2, 0.25) is 0 Å². The van der Waals surface area contributed by atoms with Gasteiger partial charge in [0.1, 0.15) is 0 Å². The number of para-hydroxylation sites is 1. The third-order valence-corrected chi connectivity index (χ3v) is 6.20. The molecule has 174 valence electrons. The lowest BCUT2D eigenvalue weighted by atomic mass is 10.1. The van der Waals surface area contributed by atoms with Gasteiger partial charge in [0.2, 0.25) is 11.9 Å². The number of rotatable bonds is 3. The van der Waals surface area contributed by atoms with Crippen LogP contribution in [0.5, 0.6) is 0 Å². The Morgan fingerprint density at radius 3 is 2.50 bits per heavy atom. The van der Waals surface area contributed by atoms with E-state index in [-0.39, 0.29) is 30.4 Å². The number of amides is 2. The topological polar surface area (TPSA) is 87.7 Å². The van der Waals surface area contributed by atoms with Gasteiger partial charge >= 0.3 is 0 Å². The number of morpholine rings is 1. The molecule has 3 heterocycles. The second kappa shape index (κ2) is 8.87. The molecule has 2 aliphatic heterocycles. The zero-order chi connectivity index (χ0) is 23.8. The van der Waals surface area contributed by atoms with Crippen LogP contribution in [0.3, 0.4) is 0 Å². The summed E-state index contributed by atoms with van der Waals surface area (Å²) in [6, 6.07) is 15.0. The van der Waals surface area contributed by atoms with Gasteiger partial charge in [0, 0.05) is 48.7 Å². The van der Waals surface area contributed by atoms with Crippen LogP contribution in [0.1, 0.15) is 29.8 Å². The van der Waals surface area contributed by atoms with Crippen LogP contribution in [0.4, 0.5) is 17.3 Å². The molecule has 2 aromatic carbocycles. The second-order valence-corrected chi connectivity index (χ2v) is 8.88. The van der Waals surface area contributed by atoms with Crippen molar-refractivity contribution >= 4 is 29.1 Å². The van der Waals surface area contributed by atoms with Crippen LogP contribution in [-0.4, -0.2) is 59.0 Å². The van der Waals surface area contributed by atoms with Gasteiger partial charge in [0.15, 0.2) is 0 Å². The fraction of sp³-hybridized carbons (Fsp3) is 0.308. The summed E-state index contributed by atoms with van der Waals surface area (Å²) in [6.07, 6.45) is 2.01. The number of hydrogen-bond donors (Lipinski definition) is 1. The second-order valence-electron chi connectivity index (χ2n) is 8.88. The molecule has 0 aliphatic carbocycles. The Morgan fingerprint density at radius 2 is 1.76 bits per heavy atom. The number of ether oxygens (including phenoxy) is 1. The summed E-state index contributed by atoms with van der Waals surface area (Å²) in [5.74, 6) is 0.431. The minimum atomic E-state index is -0.000166. The fourth-order valence-electron chi connectivity index (χ4n) is 4.56. The van der Waals surface area contributed by atoms with Crippen LogP contribution in [0.25, 0.3) is 11.3 Å². The number of hydrogen-bond acceptors (Lipinski definition) is 6. The third-order valence-electron chi connectivity index (χ3n) is 6.20. The first-order valence-corrected chi connectivity index (χ1v) is 11.4. The van der Waals surface area contributed by atoms with Crippen molar-refractivity contribution in [3.63, 3.8) is 0 Å². The maximum atomic E-state index is 12.9. The van der Waals surface area contributed by atoms with Crippen molar-refractivity contribution in [2.45, 2.75) is 32.5 Å². The summed E-state index contributed by atoms with van der Waals surface area (Å²) < 4.78 is 5.73. The van der Waals surface area contributed by atoms with Gasteiger partial charge in [0.05, 0.1) is 30.0 Å². The SMILES string of the molecule is C[C@@H]1CN(C(=O)c2ccc(Nc3ncc4c(n3)-c3ccccc3N(C)C(=O)C4)cc2)C[C@H](C)O1. The minimum Gasteiger partial charge on any atom is -0.372 e. The number of carbonyl (C=O) groups excluding carboxylic acids is 2. The maximum absolute atomic E-state index is 12.9. The van der Waals surface area contributed by atoms with E-state index in [9.17, 15) is 9.59 Å². The molecule has 0 unspecified atom stereocenters. The van der Waals surface area contributed by atoms with E-state index in [0.29, 0.717) is 24.6 Å². The Bertz CT molecular complexity index is 1230. The van der Waals surface area contributed by atoms with Gasteiger partial charge in [-0.05, 0) is 44.2 Å². The number of fused-ring (bicyclic) bond motifs is 3. The Morgan fingerprint density at radius 1 is 1.06 bits per heavy atom. The Balaban J connectivity index is 1.37. The van der Waals surface area contributed by atoms with Crippen LogP contribution < -0.4 is 10.2 Å². The lowest BCUT2D eigenvalue weighted by Crippen LogP contribution is -2.48. The Hall–Kier alpha value is -3.78. The van der Waals surface area contributed by atoms with Crippen molar-refractivity contribution in [3.8, 4) is 11.3 Å². The van der Waals surface area contributed by atoms with E-state index in [1.807, 2.05) is 67.3 Å². The van der Waals surface area contributed by atoms with Crippen molar-refractivity contribution in [1.82, 2.24) is 14.9 Å². The summed E-state index contributed by atoms with van der Waals surface area (Å²) in [7, 11) is 1.78. The lowest BCUT2D eigenvalue weighted by Gasteiger charge is -2.35. The first-order valence-electron chi connectivity index (χ1n) is 11.4. The fourth-order valence-corrected chi connectivity index (χ4v) is 4.56. The zero-order valence-corrected chi connectivity index (χ0v) is 19.5. The molecule has 0 spiro atoms. The molecule has 1 N–H and O–H groups in total. The number of aromatic nitrogens is 2. The summed E-state index contributed by atoms with van der Waals surface area (Å²) >= 11 is 0. The zero-order valence-electron chi connectivity index (χ0n) is 19.5. The predicted molar refractivity (Wildman–Crippen MR) is 130 cm³/mol. The quantitative estimate of drug-likeness (QED) is 0.646. The van der Waals surface area contributed by atoms with E-state index in [0.717, 1.165) is 28.2 Å². The largest absolute Gasteiger partial charge is 0.372 e. The predicted octanol–water partition coefficient (Wildman–Crippen LogP) is 3.66. The molecule has 2 atom stereocenters. The highest BCUT2D eigenvalue weighted by Gasteiger charge is 2.27. The third kappa shape index (κ3) is 4.24. The standard InChI is InChI=1S/C26H27N5O3/c1-16-14-31(15-17(2)34-16)25(33)18-8-10-20(11-9-18)28-26-27-13-19-12-23(32)30(3)22-7-5-4-6-21(22)24(19)29-26/h4-11,13,16-17H,12,14-15H2,1-3H3,(H,27,28,29)/t16-,17+. The number of anilines is 3. The van der Waals surface area contributed by atoms with Crippen molar-refractivity contribution in [3.05, 3.63) is 65.9 Å². The summed E-state index contributed by atoms with van der Waals surface area (Å²) in [5, 5.41) is 3.22. The van der Waals surface area contributed by atoms with E-state index in [4.69, 9.17) is 9.72 Å². The molecule has 2 aliphatic rings. The van der Waals surface area contributed by atoms with Crippen LogP contribution in [0.15, 0.2) is 54.7 Å². The summed E-state index contributed by atoms with van der Waals surface area (Å²) in [6.45, 7) is 5.14. The molecule has 8 nitrogen and oxygen atoms in total. The van der Waals surface area contributed by atoms with Crippen LogP contribution >= 0.6 is 0 Å². The molecule has 2 amide bonds. The molecule has 0 saturated carbocycles. The number of likely N-dealkylation sites (N-methyl/N-ethyl adjacent to an activating group) is 1. The monoisotopic (exact) mass is 457 g/mol. The van der Waals surface area contributed by atoms with E-state index < -0.39 is 0 Å². The molecule has 5 rings (SSSR count). The van der Waals surface area contributed by atoms with Crippen LogP contribution in [0, 0.1) is 0 Å². The van der Waals surface area contributed by atoms with E-state index in [1.165, 1.54) is 0 Å². The average molecular weight is 458 g/mol. The van der Waals surface area contributed by atoms with Crippen molar-refractivity contribution in [2.24, 2.45) is 0 Å². The number of nitrogens with zero attached hydrogens (tertiary/aromatic N) is 4. The highest BCUT2D eigenvalue weighted by molar-refractivity contribution is 6.01. The van der Waals surface area contributed by atoms with E-state index in [1.54, 1.807) is 18.1 Å². The molecular formula is C26H27N5O3.